The zero-order valence-corrected chi connectivity index (χ0v) is 8.83. The van der Waals surface area contributed by atoms with Crippen molar-refractivity contribution >= 4 is 5.97 Å². The van der Waals surface area contributed by atoms with Crippen molar-refractivity contribution in [2.24, 2.45) is 5.92 Å². The van der Waals surface area contributed by atoms with E-state index in [9.17, 15) is 4.79 Å². The standard InChI is InChI=1S/C10H16O4/c1-4-12-8(11)7-5-9(2)6-13-10(7,3)14-9/h7H,4-6H2,1-3H3/t7-,9+,10-/m0/s1. The number of rotatable bonds is 2. The van der Waals surface area contributed by atoms with Crippen molar-refractivity contribution in [2.45, 2.75) is 38.6 Å². The average Bonchev–Trinajstić information content (AvgIpc) is 2.53. The Morgan fingerprint density at radius 2 is 2.29 bits per heavy atom. The first-order chi connectivity index (χ1) is 6.49. The van der Waals surface area contributed by atoms with Crippen molar-refractivity contribution in [1.29, 1.82) is 0 Å². The molecule has 2 fully saturated rings. The van der Waals surface area contributed by atoms with Gasteiger partial charge in [0.25, 0.3) is 0 Å². The van der Waals surface area contributed by atoms with Crippen LogP contribution in [0.1, 0.15) is 27.2 Å². The van der Waals surface area contributed by atoms with Crippen LogP contribution < -0.4 is 0 Å². The van der Waals surface area contributed by atoms with Crippen molar-refractivity contribution in [2.75, 3.05) is 13.2 Å². The van der Waals surface area contributed by atoms with Crippen LogP contribution in [0.2, 0.25) is 0 Å². The molecular weight excluding hydrogens is 184 g/mol. The van der Waals surface area contributed by atoms with Crippen LogP contribution in [0.4, 0.5) is 0 Å². The van der Waals surface area contributed by atoms with Gasteiger partial charge < -0.3 is 14.2 Å². The molecule has 0 amide bonds. The first-order valence-electron chi connectivity index (χ1n) is 5.00. The number of ether oxygens (including phenoxy) is 3. The quantitative estimate of drug-likeness (QED) is 0.626. The summed E-state index contributed by atoms with van der Waals surface area (Å²) in [5.41, 5.74) is -0.299. The predicted octanol–water partition coefficient (Wildman–Crippen LogP) is 1.09. The summed E-state index contributed by atoms with van der Waals surface area (Å²) in [6.45, 7) is 6.56. The van der Waals surface area contributed by atoms with E-state index in [2.05, 4.69) is 0 Å². The van der Waals surface area contributed by atoms with E-state index in [4.69, 9.17) is 14.2 Å². The van der Waals surface area contributed by atoms with Crippen LogP contribution >= 0.6 is 0 Å². The Bertz CT molecular complexity index is 265. The van der Waals surface area contributed by atoms with E-state index in [0.717, 1.165) is 0 Å². The summed E-state index contributed by atoms with van der Waals surface area (Å²) in [4.78, 5) is 11.6. The molecule has 2 aliphatic heterocycles. The van der Waals surface area contributed by atoms with Gasteiger partial charge in [-0.05, 0) is 27.2 Å². The lowest BCUT2D eigenvalue weighted by atomic mass is 9.89. The molecule has 2 rings (SSSR count). The summed E-state index contributed by atoms with van der Waals surface area (Å²) in [5, 5.41) is 0. The highest BCUT2D eigenvalue weighted by Gasteiger charge is 2.61. The van der Waals surface area contributed by atoms with Gasteiger partial charge in [-0.25, -0.2) is 0 Å². The second-order valence-electron chi connectivity index (χ2n) is 4.37. The van der Waals surface area contributed by atoms with Crippen LogP contribution in [-0.2, 0) is 19.0 Å². The summed E-state index contributed by atoms with van der Waals surface area (Å²) < 4.78 is 16.2. The number of carbonyl (C=O) groups excluding carboxylic acids is 1. The molecule has 0 N–H and O–H groups in total. The van der Waals surface area contributed by atoms with Crippen molar-refractivity contribution in [3.63, 3.8) is 0 Å². The lowest BCUT2D eigenvalue weighted by Crippen LogP contribution is -2.40. The van der Waals surface area contributed by atoms with E-state index in [1.165, 1.54) is 0 Å². The maximum Gasteiger partial charge on any atom is 0.314 e. The van der Waals surface area contributed by atoms with Crippen molar-refractivity contribution in [3.8, 4) is 0 Å². The summed E-state index contributed by atoms with van der Waals surface area (Å²) in [5.74, 6) is -1.25. The lowest BCUT2D eigenvalue weighted by Gasteiger charge is -2.27. The summed E-state index contributed by atoms with van der Waals surface area (Å²) in [6, 6.07) is 0. The molecule has 3 atom stereocenters. The first-order valence-corrected chi connectivity index (χ1v) is 5.00. The number of esters is 1. The normalized spacial score (nSPS) is 45.5. The van der Waals surface area contributed by atoms with Gasteiger partial charge in [-0.3, -0.25) is 4.79 Å². The minimum absolute atomic E-state index is 0.210. The van der Waals surface area contributed by atoms with Gasteiger partial charge in [0, 0.05) is 0 Å². The molecule has 2 bridgehead atoms. The van der Waals surface area contributed by atoms with Gasteiger partial charge in [0.1, 0.15) is 5.92 Å². The molecule has 0 saturated carbocycles. The lowest BCUT2D eigenvalue weighted by molar-refractivity contribution is -0.186. The van der Waals surface area contributed by atoms with Crippen LogP contribution in [0, 0.1) is 5.92 Å². The Kier molecular flexibility index (Phi) is 2.08. The topological polar surface area (TPSA) is 44.8 Å². The molecule has 2 aliphatic rings. The Hall–Kier alpha value is -0.610. The second kappa shape index (κ2) is 2.94. The van der Waals surface area contributed by atoms with E-state index < -0.39 is 5.79 Å². The highest BCUT2D eigenvalue weighted by molar-refractivity contribution is 5.74. The Labute approximate surface area is 83.5 Å². The van der Waals surface area contributed by atoms with E-state index in [1.807, 2.05) is 13.8 Å². The molecule has 4 nitrogen and oxygen atoms in total. The number of carbonyl (C=O) groups is 1. The minimum Gasteiger partial charge on any atom is -0.466 e. The van der Waals surface area contributed by atoms with E-state index in [1.54, 1.807) is 6.92 Å². The fraction of sp³-hybridized carbons (Fsp3) is 0.900. The molecule has 0 aromatic rings. The predicted molar refractivity (Wildman–Crippen MR) is 48.6 cm³/mol. The molecule has 0 aromatic carbocycles. The maximum atomic E-state index is 11.6. The second-order valence-corrected chi connectivity index (χ2v) is 4.37. The summed E-state index contributed by atoms with van der Waals surface area (Å²) in [6.07, 6.45) is 0.697. The van der Waals surface area contributed by atoms with E-state index in [-0.39, 0.29) is 17.5 Å². The molecule has 0 aliphatic carbocycles. The molecule has 0 unspecified atom stereocenters. The highest BCUT2D eigenvalue weighted by atomic mass is 16.8. The SMILES string of the molecule is CCOC(=O)[C@@H]1C[C@]2(C)CO[C@@]1(C)O2. The van der Waals surface area contributed by atoms with E-state index in [0.29, 0.717) is 19.6 Å². The van der Waals surface area contributed by atoms with E-state index >= 15 is 0 Å². The number of hydrogen-bond donors (Lipinski definition) is 0. The van der Waals surface area contributed by atoms with Gasteiger partial charge in [-0.1, -0.05) is 0 Å². The van der Waals surface area contributed by atoms with Crippen LogP contribution in [0.25, 0.3) is 0 Å². The molecule has 0 aromatic heterocycles. The van der Waals surface area contributed by atoms with Crippen molar-refractivity contribution in [1.82, 2.24) is 0 Å². The third-order valence-electron chi connectivity index (χ3n) is 2.95. The van der Waals surface area contributed by atoms with Crippen LogP contribution in [-0.4, -0.2) is 30.6 Å². The fourth-order valence-electron chi connectivity index (χ4n) is 2.27. The molecule has 0 radical (unpaired) electrons. The fourth-order valence-corrected chi connectivity index (χ4v) is 2.27. The van der Waals surface area contributed by atoms with Crippen molar-refractivity contribution in [3.05, 3.63) is 0 Å². The molecule has 0 spiro atoms. The minimum atomic E-state index is -0.763. The largest absolute Gasteiger partial charge is 0.466 e. The van der Waals surface area contributed by atoms with Gasteiger partial charge in [0.2, 0.25) is 0 Å². The van der Waals surface area contributed by atoms with Gasteiger partial charge in [-0.2, -0.15) is 0 Å². The van der Waals surface area contributed by atoms with Gasteiger partial charge in [0.15, 0.2) is 5.79 Å². The molecular formula is C10H16O4. The number of fused-ring (bicyclic) bond motifs is 2. The molecule has 80 valence electrons. The van der Waals surface area contributed by atoms with Gasteiger partial charge in [-0.15, -0.1) is 0 Å². The molecule has 2 saturated heterocycles. The van der Waals surface area contributed by atoms with Crippen molar-refractivity contribution < 1.29 is 19.0 Å². The third-order valence-corrected chi connectivity index (χ3v) is 2.95. The maximum absolute atomic E-state index is 11.6. The first kappa shape index (κ1) is 9.93. The van der Waals surface area contributed by atoms with Crippen LogP contribution in [0.3, 0.4) is 0 Å². The Morgan fingerprint density at radius 1 is 1.57 bits per heavy atom. The Morgan fingerprint density at radius 3 is 2.71 bits per heavy atom. The smallest absolute Gasteiger partial charge is 0.314 e. The zero-order chi connectivity index (χ0) is 10.4. The van der Waals surface area contributed by atoms with Gasteiger partial charge >= 0.3 is 5.97 Å². The third kappa shape index (κ3) is 1.33. The van der Waals surface area contributed by atoms with Gasteiger partial charge in [0.05, 0.1) is 18.8 Å². The summed E-state index contributed by atoms with van der Waals surface area (Å²) in [7, 11) is 0. The monoisotopic (exact) mass is 200 g/mol. The van der Waals surface area contributed by atoms with Crippen LogP contribution in [0.15, 0.2) is 0 Å². The van der Waals surface area contributed by atoms with Crippen LogP contribution in [0.5, 0.6) is 0 Å². The molecule has 4 heteroatoms. The average molecular weight is 200 g/mol. The number of hydrogen-bond acceptors (Lipinski definition) is 4. The molecule has 2 heterocycles. The Balaban J connectivity index is 2.12. The summed E-state index contributed by atoms with van der Waals surface area (Å²) >= 11 is 0. The highest BCUT2D eigenvalue weighted by Crippen LogP contribution is 2.49. The molecule has 14 heavy (non-hydrogen) atoms. The zero-order valence-electron chi connectivity index (χ0n) is 8.83.